The summed E-state index contributed by atoms with van der Waals surface area (Å²) in [6, 6.07) is 10.5. The summed E-state index contributed by atoms with van der Waals surface area (Å²) in [5, 5.41) is 2.03. The van der Waals surface area contributed by atoms with Crippen LogP contribution in [0, 0.1) is 0 Å². The fraction of sp³-hybridized carbons (Fsp3) is 0.538. The molecular weight excluding hydrogens is 222 g/mol. The van der Waals surface area contributed by atoms with Crippen molar-refractivity contribution in [1.29, 1.82) is 0 Å². The van der Waals surface area contributed by atoms with Crippen LogP contribution < -0.4 is 0 Å². The molecule has 92 valence electrons. The van der Waals surface area contributed by atoms with E-state index >= 15 is 0 Å². The van der Waals surface area contributed by atoms with Crippen LogP contribution in [0.15, 0.2) is 30.3 Å². The van der Waals surface area contributed by atoms with Gasteiger partial charge in [0.05, 0.1) is 12.1 Å². The summed E-state index contributed by atoms with van der Waals surface area (Å²) in [5.74, 6) is 0. The maximum atomic E-state index is 5.64. The molecule has 0 saturated heterocycles. The van der Waals surface area contributed by atoms with Gasteiger partial charge in [-0.15, -0.1) is 12.4 Å². The summed E-state index contributed by atoms with van der Waals surface area (Å²) in [6.07, 6.45) is 0. The Bertz CT molecular complexity index is 287. The second-order valence-corrected chi connectivity index (χ2v) is 4.04. The summed E-state index contributed by atoms with van der Waals surface area (Å²) in [4.78, 5) is 5.64. The van der Waals surface area contributed by atoms with Crippen LogP contribution >= 0.6 is 12.4 Å². The van der Waals surface area contributed by atoms with Gasteiger partial charge in [-0.3, -0.25) is 4.84 Å². The van der Waals surface area contributed by atoms with E-state index in [1.807, 2.05) is 18.1 Å². The van der Waals surface area contributed by atoms with Gasteiger partial charge in [0.1, 0.15) is 0 Å². The second kappa shape index (κ2) is 6.89. The predicted octanol–water partition coefficient (Wildman–Crippen LogP) is 3.62. The van der Waals surface area contributed by atoms with E-state index in [0.717, 1.165) is 6.54 Å². The van der Waals surface area contributed by atoms with Gasteiger partial charge in [0.15, 0.2) is 0 Å². The zero-order chi connectivity index (χ0) is 11.3. The van der Waals surface area contributed by atoms with Crippen molar-refractivity contribution in [2.45, 2.75) is 33.2 Å². The van der Waals surface area contributed by atoms with Gasteiger partial charge in [0, 0.05) is 6.54 Å². The lowest BCUT2D eigenvalue weighted by atomic mass is 9.94. The fourth-order valence-corrected chi connectivity index (χ4v) is 1.79. The molecule has 0 amide bonds. The van der Waals surface area contributed by atoms with Gasteiger partial charge < -0.3 is 0 Å². The predicted molar refractivity (Wildman–Crippen MR) is 70.7 cm³/mol. The molecule has 0 aromatic heterocycles. The first-order valence-corrected chi connectivity index (χ1v) is 5.59. The van der Waals surface area contributed by atoms with Crippen LogP contribution in [0.4, 0.5) is 0 Å². The lowest BCUT2D eigenvalue weighted by Crippen LogP contribution is -2.41. The normalized spacial score (nSPS) is 11.3. The number of benzene rings is 1. The lowest BCUT2D eigenvalue weighted by Gasteiger charge is -2.36. The van der Waals surface area contributed by atoms with Gasteiger partial charge in [0.2, 0.25) is 0 Å². The average Bonchev–Trinajstić information content (AvgIpc) is 2.27. The molecule has 1 aromatic rings. The number of halogens is 1. The van der Waals surface area contributed by atoms with E-state index in [0.29, 0.717) is 6.61 Å². The van der Waals surface area contributed by atoms with Crippen LogP contribution in [-0.2, 0) is 10.4 Å². The van der Waals surface area contributed by atoms with Crippen molar-refractivity contribution < 1.29 is 4.84 Å². The van der Waals surface area contributed by atoms with Crippen molar-refractivity contribution in [1.82, 2.24) is 5.06 Å². The molecule has 0 heterocycles. The van der Waals surface area contributed by atoms with Crippen LogP contribution in [0.3, 0.4) is 0 Å². The van der Waals surface area contributed by atoms with E-state index in [9.17, 15) is 0 Å². The summed E-state index contributed by atoms with van der Waals surface area (Å²) < 4.78 is 0. The SMILES string of the molecule is CCON(CC)C(C)(C)c1ccccc1.Cl. The van der Waals surface area contributed by atoms with Crippen LogP contribution in [0.2, 0.25) is 0 Å². The first-order valence-electron chi connectivity index (χ1n) is 5.59. The molecule has 0 fully saturated rings. The van der Waals surface area contributed by atoms with Gasteiger partial charge in [-0.05, 0) is 26.3 Å². The third-order valence-electron chi connectivity index (χ3n) is 2.68. The molecule has 0 N–H and O–H groups in total. The number of hydroxylamine groups is 2. The van der Waals surface area contributed by atoms with Gasteiger partial charge in [0.25, 0.3) is 0 Å². The molecule has 0 spiro atoms. The largest absolute Gasteiger partial charge is 0.298 e. The fourth-order valence-electron chi connectivity index (χ4n) is 1.79. The molecule has 2 nitrogen and oxygen atoms in total. The standard InChI is InChI=1S/C13H21NO.ClH/c1-5-14(15-6-2)13(3,4)12-10-8-7-9-11-12;/h7-11H,5-6H2,1-4H3;1H. The summed E-state index contributed by atoms with van der Waals surface area (Å²) >= 11 is 0. The van der Waals surface area contributed by atoms with Gasteiger partial charge in [-0.1, -0.05) is 37.3 Å². The monoisotopic (exact) mass is 243 g/mol. The van der Waals surface area contributed by atoms with E-state index in [1.165, 1.54) is 5.56 Å². The molecule has 1 aromatic carbocycles. The Balaban J connectivity index is 0.00000225. The van der Waals surface area contributed by atoms with Crippen molar-refractivity contribution in [3.63, 3.8) is 0 Å². The minimum absolute atomic E-state index is 0. The third-order valence-corrected chi connectivity index (χ3v) is 2.68. The molecule has 16 heavy (non-hydrogen) atoms. The smallest absolute Gasteiger partial charge is 0.0657 e. The quantitative estimate of drug-likeness (QED) is 0.733. The van der Waals surface area contributed by atoms with Gasteiger partial charge >= 0.3 is 0 Å². The van der Waals surface area contributed by atoms with E-state index in [2.05, 4.69) is 45.0 Å². The third kappa shape index (κ3) is 3.48. The van der Waals surface area contributed by atoms with Gasteiger partial charge in [-0.25, -0.2) is 0 Å². The Morgan fingerprint density at radius 1 is 1.12 bits per heavy atom. The minimum Gasteiger partial charge on any atom is -0.298 e. The lowest BCUT2D eigenvalue weighted by molar-refractivity contribution is -0.212. The molecule has 0 aliphatic rings. The Morgan fingerprint density at radius 2 is 1.69 bits per heavy atom. The molecule has 0 bridgehead atoms. The summed E-state index contributed by atoms with van der Waals surface area (Å²) in [5.41, 5.74) is 1.20. The van der Waals surface area contributed by atoms with Crippen molar-refractivity contribution >= 4 is 12.4 Å². The topological polar surface area (TPSA) is 12.5 Å². The van der Waals surface area contributed by atoms with Crippen molar-refractivity contribution in [3.05, 3.63) is 35.9 Å². The number of nitrogens with zero attached hydrogens (tertiary/aromatic N) is 1. The molecule has 0 atom stereocenters. The molecule has 0 unspecified atom stereocenters. The average molecular weight is 244 g/mol. The summed E-state index contributed by atoms with van der Waals surface area (Å²) in [6.45, 7) is 10.1. The Kier molecular flexibility index (Phi) is 6.65. The van der Waals surface area contributed by atoms with E-state index in [1.54, 1.807) is 0 Å². The highest BCUT2D eigenvalue weighted by atomic mass is 35.5. The van der Waals surface area contributed by atoms with E-state index in [-0.39, 0.29) is 17.9 Å². The van der Waals surface area contributed by atoms with Crippen LogP contribution in [-0.4, -0.2) is 18.2 Å². The highest BCUT2D eigenvalue weighted by Crippen LogP contribution is 2.27. The van der Waals surface area contributed by atoms with Crippen molar-refractivity contribution in [2.24, 2.45) is 0 Å². The van der Waals surface area contributed by atoms with Crippen molar-refractivity contribution in [3.8, 4) is 0 Å². The number of rotatable bonds is 5. The zero-order valence-electron chi connectivity index (χ0n) is 10.6. The van der Waals surface area contributed by atoms with E-state index in [4.69, 9.17) is 4.84 Å². The molecular formula is C13H22ClNO. The highest BCUT2D eigenvalue weighted by Gasteiger charge is 2.28. The summed E-state index contributed by atoms with van der Waals surface area (Å²) in [7, 11) is 0. The van der Waals surface area contributed by atoms with E-state index < -0.39 is 0 Å². The maximum absolute atomic E-state index is 5.64. The molecule has 0 aliphatic carbocycles. The highest BCUT2D eigenvalue weighted by molar-refractivity contribution is 5.85. The molecule has 0 radical (unpaired) electrons. The van der Waals surface area contributed by atoms with Crippen molar-refractivity contribution in [2.75, 3.05) is 13.2 Å². The molecule has 0 saturated carbocycles. The first-order chi connectivity index (χ1) is 7.12. The Morgan fingerprint density at radius 3 is 2.12 bits per heavy atom. The number of hydrogen-bond acceptors (Lipinski definition) is 2. The van der Waals surface area contributed by atoms with Gasteiger partial charge in [-0.2, -0.15) is 5.06 Å². The van der Waals surface area contributed by atoms with Crippen LogP contribution in [0.5, 0.6) is 0 Å². The van der Waals surface area contributed by atoms with Crippen LogP contribution in [0.1, 0.15) is 33.3 Å². The Labute approximate surface area is 105 Å². The molecule has 1 rings (SSSR count). The zero-order valence-corrected chi connectivity index (χ0v) is 11.4. The Hall–Kier alpha value is -0.570. The molecule has 0 aliphatic heterocycles. The maximum Gasteiger partial charge on any atom is 0.0657 e. The second-order valence-electron chi connectivity index (χ2n) is 4.04. The van der Waals surface area contributed by atoms with Crippen LogP contribution in [0.25, 0.3) is 0 Å². The molecule has 3 heteroatoms. The number of hydrogen-bond donors (Lipinski definition) is 0. The minimum atomic E-state index is -0.0774. The first kappa shape index (κ1) is 15.4.